The Labute approximate surface area is 168 Å². The van der Waals surface area contributed by atoms with Crippen LogP contribution in [0, 0.1) is 5.82 Å². The fourth-order valence-electron chi connectivity index (χ4n) is 3.15. The van der Waals surface area contributed by atoms with Crippen LogP contribution < -0.4 is 15.5 Å². The predicted molar refractivity (Wildman–Crippen MR) is 104 cm³/mol. The maximum atomic E-state index is 13.4. The van der Waals surface area contributed by atoms with Crippen LogP contribution in [0.15, 0.2) is 30.7 Å². The Kier molecular flexibility index (Phi) is 4.95. The maximum absolute atomic E-state index is 13.4. The lowest BCUT2D eigenvalue weighted by molar-refractivity contribution is -0.0220. The first-order valence-corrected chi connectivity index (χ1v) is 9.17. The van der Waals surface area contributed by atoms with E-state index in [0.717, 1.165) is 6.20 Å². The standard InChI is InChI=1S/C18H16ClF3N6O/c19-12-6-15(23-9-14(12)28-3-1-18(21,22)2-4-28)27-17(29)26-13-8-25-16-11(13)5-10(20)7-24-16/h5-9H,1-4H2,(H,24,25)(H2,23,26,27,29). The van der Waals surface area contributed by atoms with Crippen molar-refractivity contribution in [3.63, 3.8) is 0 Å². The predicted octanol–water partition coefficient (Wildman–Crippen LogP) is 4.63. The molecule has 4 rings (SSSR count). The number of halogens is 4. The van der Waals surface area contributed by atoms with Gasteiger partial charge in [-0.1, -0.05) is 11.6 Å². The minimum atomic E-state index is -2.66. The number of carbonyl (C=O) groups is 1. The highest BCUT2D eigenvalue weighted by atomic mass is 35.5. The minimum Gasteiger partial charge on any atom is -0.369 e. The van der Waals surface area contributed by atoms with Gasteiger partial charge in [-0.05, 0) is 6.07 Å². The SMILES string of the molecule is O=C(Nc1cc(Cl)c(N2CCC(F)(F)CC2)cn1)Nc1c[nH]c2ncc(F)cc12. The van der Waals surface area contributed by atoms with Crippen molar-refractivity contribution in [1.29, 1.82) is 0 Å². The average molecular weight is 425 g/mol. The van der Waals surface area contributed by atoms with Crippen LogP contribution in [0.2, 0.25) is 5.02 Å². The second-order valence-corrected chi connectivity index (χ2v) is 7.10. The van der Waals surface area contributed by atoms with Crippen molar-refractivity contribution in [3.8, 4) is 0 Å². The summed E-state index contributed by atoms with van der Waals surface area (Å²) >= 11 is 6.26. The van der Waals surface area contributed by atoms with E-state index in [-0.39, 0.29) is 31.7 Å². The van der Waals surface area contributed by atoms with Gasteiger partial charge in [0.15, 0.2) is 0 Å². The molecule has 0 radical (unpaired) electrons. The number of amides is 2. The number of anilines is 3. The van der Waals surface area contributed by atoms with Gasteiger partial charge in [0.05, 0.1) is 28.8 Å². The smallest absolute Gasteiger partial charge is 0.324 e. The lowest BCUT2D eigenvalue weighted by Gasteiger charge is -2.33. The number of hydrogen-bond acceptors (Lipinski definition) is 4. The van der Waals surface area contributed by atoms with Crippen molar-refractivity contribution in [2.45, 2.75) is 18.8 Å². The molecule has 0 spiro atoms. The lowest BCUT2D eigenvalue weighted by atomic mass is 10.1. The van der Waals surface area contributed by atoms with Gasteiger partial charge in [0.1, 0.15) is 17.3 Å². The zero-order chi connectivity index (χ0) is 20.6. The largest absolute Gasteiger partial charge is 0.369 e. The van der Waals surface area contributed by atoms with E-state index >= 15 is 0 Å². The monoisotopic (exact) mass is 424 g/mol. The Bertz CT molecular complexity index is 1060. The topological polar surface area (TPSA) is 85.9 Å². The number of nitrogens with one attached hydrogen (secondary N) is 3. The summed E-state index contributed by atoms with van der Waals surface area (Å²) in [7, 11) is 0. The molecule has 2 amide bonds. The summed E-state index contributed by atoms with van der Waals surface area (Å²) in [5.41, 5.74) is 1.31. The van der Waals surface area contributed by atoms with Gasteiger partial charge >= 0.3 is 6.03 Å². The molecule has 0 aliphatic carbocycles. The second-order valence-electron chi connectivity index (χ2n) is 6.70. The van der Waals surface area contributed by atoms with Crippen LogP contribution in [0.25, 0.3) is 11.0 Å². The molecule has 0 bridgehead atoms. The van der Waals surface area contributed by atoms with E-state index in [9.17, 15) is 18.0 Å². The van der Waals surface area contributed by atoms with Crippen molar-refractivity contribution >= 4 is 45.9 Å². The zero-order valence-electron chi connectivity index (χ0n) is 15.0. The molecular weight excluding hydrogens is 409 g/mol. The van der Waals surface area contributed by atoms with Crippen LogP contribution in [-0.2, 0) is 0 Å². The molecule has 152 valence electrons. The fourth-order valence-corrected chi connectivity index (χ4v) is 3.42. The molecular formula is C18H16ClF3N6O. The lowest BCUT2D eigenvalue weighted by Crippen LogP contribution is -2.39. The first kappa shape index (κ1) is 19.3. The van der Waals surface area contributed by atoms with Gasteiger partial charge in [-0.2, -0.15) is 0 Å². The molecule has 11 heteroatoms. The number of fused-ring (bicyclic) bond motifs is 1. The number of alkyl halides is 2. The molecule has 1 fully saturated rings. The van der Waals surface area contributed by atoms with Crippen LogP contribution in [0.1, 0.15) is 12.8 Å². The number of hydrogen-bond donors (Lipinski definition) is 3. The Morgan fingerprint density at radius 3 is 2.66 bits per heavy atom. The van der Waals surface area contributed by atoms with E-state index in [4.69, 9.17) is 11.6 Å². The Balaban J connectivity index is 1.43. The number of carbonyl (C=O) groups excluding carboxylic acids is 1. The Morgan fingerprint density at radius 1 is 1.17 bits per heavy atom. The molecule has 1 saturated heterocycles. The minimum absolute atomic E-state index is 0.173. The van der Waals surface area contributed by atoms with E-state index in [1.165, 1.54) is 24.5 Å². The first-order valence-electron chi connectivity index (χ1n) is 8.80. The van der Waals surface area contributed by atoms with Crippen molar-refractivity contribution in [1.82, 2.24) is 15.0 Å². The summed E-state index contributed by atoms with van der Waals surface area (Å²) in [6.07, 6.45) is 3.51. The molecule has 0 unspecified atom stereocenters. The van der Waals surface area contributed by atoms with Gasteiger partial charge in [-0.3, -0.25) is 5.32 Å². The molecule has 3 aromatic rings. The molecule has 1 aliphatic rings. The van der Waals surface area contributed by atoms with Crippen LogP contribution in [0.5, 0.6) is 0 Å². The maximum Gasteiger partial charge on any atom is 0.324 e. The van der Waals surface area contributed by atoms with Gasteiger partial charge in [-0.25, -0.2) is 27.9 Å². The highest BCUT2D eigenvalue weighted by Gasteiger charge is 2.34. The number of aromatic amines is 1. The number of piperidine rings is 1. The molecule has 0 aromatic carbocycles. The van der Waals surface area contributed by atoms with Crippen molar-refractivity contribution in [2.75, 3.05) is 28.6 Å². The van der Waals surface area contributed by atoms with E-state index in [0.29, 0.717) is 27.4 Å². The molecule has 3 aromatic heterocycles. The molecule has 7 nitrogen and oxygen atoms in total. The Morgan fingerprint density at radius 2 is 1.93 bits per heavy atom. The fraction of sp³-hybridized carbons (Fsp3) is 0.278. The summed E-state index contributed by atoms with van der Waals surface area (Å²) in [4.78, 5) is 24.8. The molecule has 4 heterocycles. The number of aromatic nitrogens is 3. The van der Waals surface area contributed by atoms with E-state index < -0.39 is 17.8 Å². The van der Waals surface area contributed by atoms with Crippen LogP contribution in [-0.4, -0.2) is 40.0 Å². The van der Waals surface area contributed by atoms with Gasteiger partial charge in [0.2, 0.25) is 0 Å². The highest BCUT2D eigenvalue weighted by molar-refractivity contribution is 6.33. The third-order valence-electron chi connectivity index (χ3n) is 4.66. The normalized spacial score (nSPS) is 16.1. The summed E-state index contributed by atoms with van der Waals surface area (Å²) in [6, 6.07) is 2.09. The number of urea groups is 1. The first-order chi connectivity index (χ1) is 13.8. The Hall–Kier alpha value is -3.01. The third-order valence-corrected chi connectivity index (χ3v) is 4.96. The van der Waals surface area contributed by atoms with Gasteiger partial charge in [-0.15, -0.1) is 0 Å². The summed E-state index contributed by atoms with van der Waals surface area (Å²) in [6.45, 7) is 0.347. The van der Waals surface area contributed by atoms with Gasteiger partial charge in [0.25, 0.3) is 5.92 Å². The van der Waals surface area contributed by atoms with Crippen LogP contribution in [0.4, 0.5) is 35.2 Å². The molecule has 3 N–H and O–H groups in total. The average Bonchev–Trinajstić information content (AvgIpc) is 3.04. The number of rotatable bonds is 3. The number of pyridine rings is 2. The molecule has 29 heavy (non-hydrogen) atoms. The number of nitrogens with zero attached hydrogens (tertiary/aromatic N) is 3. The summed E-state index contributed by atoms with van der Waals surface area (Å²) in [5, 5.41) is 5.82. The van der Waals surface area contributed by atoms with Crippen molar-refractivity contribution < 1.29 is 18.0 Å². The third kappa shape index (κ3) is 4.21. The second kappa shape index (κ2) is 7.43. The molecule has 0 saturated carbocycles. The van der Waals surface area contributed by atoms with Gasteiger partial charge in [0, 0.05) is 43.6 Å². The van der Waals surface area contributed by atoms with E-state index in [1.807, 2.05) is 0 Å². The van der Waals surface area contributed by atoms with Crippen LogP contribution >= 0.6 is 11.6 Å². The van der Waals surface area contributed by atoms with Gasteiger partial charge < -0.3 is 15.2 Å². The quantitative estimate of drug-likeness (QED) is 0.572. The molecule has 1 aliphatic heterocycles. The van der Waals surface area contributed by atoms with Crippen molar-refractivity contribution in [3.05, 3.63) is 41.6 Å². The number of H-pyrrole nitrogens is 1. The zero-order valence-corrected chi connectivity index (χ0v) is 15.7. The van der Waals surface area contributed by atoms with E-state index in [2.05, 4.69) is 25.6 Å². The van der Waals surface area contributed by atoms with Crippen molar-refractivity contribution in [2.24, 2.45) is 0 Å². The van der Waals surface area contributed by atoms with E-state index in [1.54, 1.807) is 4.90 Å². The van der Waals surface area contributed by atoms with Crippen LogP contribution in [0.3, 0.4) is 0 Å². The summed E-state index contributed by atoms with van der Waals surface area (Å²) < 4.78 is 40.0. The molecule has 0 atom stereocenters. The summed E-state index contributed by atoms with van der Waals surface area (Å²) in [5.74, 6) is -3.00. The highest BCUT2D eigenvalue weighted by Crippen LogP contribution is 2.34.